The standard InChI is InChI=1S/C4H8N2O3.In.3H/c5-2(4(8)9)1-3(6)7;;;;/h2H,1,5H2,(H2,6,7)(H,8,9);;;;. The van der Waals surface area contributed by atoms with Crippen LogP contribution in [0.3, 0.4) is 0 Å². The van der Waals surface area contributed by atoms with Crippen molar-refractivity contribution < 1.29 is 14.7 Å². The number of hydrogen-bond donors (Lipinski definition) is 3. The van der Waals surface area contributed by atoms with Crippen molar-refractivity contribution in [1.29, 1.82) is 0 Å². The minimum absolute atomic E-state index is 0. The van der Waals surface area contributed by atoms with Gasteiger partial charge in [0.1, 0.15) is 6.04 Å². The average Bonchev–Trinajstić information content (AvgIpc) is 1.63. The van der Waals surface area contributed by atoms with Crippen LogP contribution < -0.4 is 11.5 Å². The summed E-state index contributed by atoms with van der Waals surface area (Å²) in [7, 11) is 0. The van der Waals surface area contributed by atoms with E-state index in [-0.39, 0.29) is 32.3 Å². The summed E-state index contributed by atoms with van der Waals surface area (Å²) in [5, 5.41) is 8.10. The van der Waals surface area contributed by atoms with Crippen LogP contribution in [-0.4, -0.2) is 48.9 Å². The fraction of sp³-hybridized carbons (Fsp3) is 0.500. The summed E-state index contributed by atoms with van der Waals surface area (Å²) in [6.45, 7) is 0. The molecule has 1 atom stereocenters. The van der Waals surface area contributed by atoms with Gasteiger partial charge in [0.05, 0.1) is 6.42 Å². The molecule has 10 heavy (non-hydrogen) atoms. The van der Waals surface area contributed by atoms with Crippen molar-refractivity contribution in [3.8, 4) is 0 Å². The molecule has 6 heteroatoms. The van der Waals surface area contributed by atoms with Crippen molar-refractivity contribution in [2.75, 3.05) is 0 Å². The Morgan fingerprint density at radius 2 is 1.90 bits per heavy atom. The fourth-order valence-corrected chi connectivity index (χ4v) is 0.304. The van der Waals surface area contributed by atoms with Crippen LogP contribution in [0, 0.1) is 0 Å². The molecule has 0 aromatic carbocycles. The summed E-state index contributed by atoms with van der Waals surface area (Å²) < 4.78 is 0. The van der Waals surface area contributed by atoms with E-state index in [0.717, 1.165) is 0 Å². The predicted octanol–water partition coefficient (Wildman–Crippen LogP) is -2.91. The molecule has 0 heterocycles. The second-order valence-electron chi connectivity index (χ2n) is 1.62. The molecule has 0 spiro atoms. The number of aliphatic carboxylic acids is 1. The topological polar surface area (TPSA) is 106 Å². The van der Waals surface area contributed by atoms with E-state index in [1.54, 1.807) is 0 Å². The van der Waals surface area contributed by atoms with Gasteiger partial charge in [0.15, 0.2) is 0 Å². The third-order valence-corrected chi connectivity index (χ3v) is 0.738. The summed E-state index contributed by atoms with van der Waals surface area (Å²) in [6.07, 6.45) is -0.310. The predicted molar refractivity (Wildman–Crippen MR) is 39.4 cm³/mol. The SMILES string of the molecule is NC(=O)CC(N)C(=O)O.[InH3]. The van der Waals surface area contributed by atoms with Gasteiger partial charge in [-0.3, -0.25) is 9.59 Å². The van der Waals surface area contributed by atoms with Crippen LogP contribution >= 0.6 is 0 Å². The van der Waals surface area contributed by atoms with Crippen molar-refractivity contribution in [2.24, 2.45) is 11.5 Å². The van der Waals surface area contributed by atoms with Gasteiger partial charge in [-0.2, -0.15) is 0 Å². The zero-order chi connectivity index (χ0) is 7.44. The van der Waals surface area contributed by atoms with Crippen LogP contribution in [0.25, 0.3) is 0 Å². The Bertz CT molecular complexity index is 138. The normalized spacial score (nSPS) is 11.3. The first-order chi connectivity index (χ1) is 4.04. The summed E-state index contributed by atoms with van der Waals surface area (Å²) >= 11 is 0. The second-order valence-corrected chi connectivity index (χ2v) is 1.62. The van der Waals surface area contributed by atoms with E-state index in [9.17, 15) is 9.59 Å². The molecule has 1 unspecified atom stereocenters. The molecule has 0 aliphatic heterocycles. The zero-order valence-corrected chi connectivity index (χ0v) is 4.70. The second kappa shape index (κ2) is 5.55. The van der Waals surface area contributed by atoms with Crippen molar-refractivity contribution in [3.63, 3.8) is 0 Å². The number of amides is 1. The average molecular weight is 250 g/mol. The number of hydrogen-bond acceptors (Lipinski definition) is 3. The molecule has 58 valence electrons. The van der Waals surface area contributed by atoms with Crippen LogP contribution in [0.1, 0.15) is 6.42 Å². The summed E-state index contributed by atoms with van der Waals surface area (Å²) in [4.78, 5) is 19.9. The fourth-order valence-electron chi connectivity index (χ4n) is 0.304. The minimum atomic E-state index is -1.21. The molecule has 5 N–H and O–H groups in total. The number of primary amides is 1. The molecule has 1 amide bonds. The monoisotopic (exact) mass is 250 g/mol. The van der Waals surface area contributed by atoms with E-state index in [0.29, 0.717) is 0 Å². The van der Waals surface area contributed by atoms with E-state index in [2.05, 4.69) is 5.73 Å². The van der Waals surface area contributed by atoms with Gasteiger partial charge < -0.3 is 16.6 Å². The third kappa shape index (κ3) is 5.90. The summed E-state index contributed by atoms with van der Waals surface area (Å²) in [6, 6.07) is -1.16. The van der Waals surface area contributed by atoms with Gasteiger partial charge in [0.2, 0.25) is 5.91 Å². The molecule has 0 aliphatic carbocycles. The van der Waals surface area contributed by atoms with E-state index in [1.165, 1.54) is 0 Å². The Morgan fingerprint density at radius 3 is 2.00 bits per heavy atom. The molecule has 0 radical (unpaired) electrons. The maximum absolute atomic E-state index is 9.99. The Hall–Kier alpha value is -0.230. The quantitative estimate of drug-likeness (QED) is 0.499. The zero-order valence-electron chi connectivity index (χ0n) is 4.70. The molecular weight excluding hydrogens is 239 g/mol. The number of carbonyl (C=O) groups excluding carboxylic acids is 1. The molecule has 0 aromatic rings. The van der Waals surface area contributed by atoms with E-state index >= 15 is 0 Å². The molecule has 0 aromatic heterocycles. The first kappa shape index (κ1) is 12.4. The molecular formula is C4H11InN2O3. The van der Waals surface area contributed by atoms with Gasteiger partial charge in [0.25, 0.3) is 0 Å². The first-order valence-electron chi connectivity index (χ1n) is 2.30. The van der Waals surface area contributed by atoms with Gasteiger partial charge in [-0.25, -0.2) is 0 Å². The molecule has 0 fully saturated rings. The van der Waals surface area contributed by atoms with E-state index < -0.39 is 17.9 Å². The van der Waals surface area contributed by atoms with Crippen molar-refractivity contribution in [2.45, 2.75) is 12.5 Å². The Kier molecular flexibility index (Phi) is 6.90. The van der Waals surface area contributed by atoms with Crippen LogP contribution in [0.5, 0.6) is 0 Å². The first-order valence-corrected chi connectivity index (χ1v) is 2.30. The van der Waals surface area contributed by atoms with Crippen LogP contribution in [0.15, 0.2) is 0 Å². The molecule has 0 saturated heterocycles. The summed E-state index contributed by atoms with van der Waals surface area (Å²) in [5.41, 5.74) is 9.57. The molecule has 5 nitrogen and oxygen atoms in total. The third-order valence-electron chi connectivity index (χ3n) is 0.738. The molecule has 0 aliphatic rings. The number of carbonyl (C=O) groups is 2. The van der Waals surface area contributed by atoms with Crippen molar-refractivity contribution in [3.05, 3.63) is 0 Å². The molecule has 0 rings (SSSR count). The summed E-state index contributed by atoms with van der Waals surface area (Å²) in [5.74, 6) is -1.92. The van der Waals surface area contributed by atoms with Gasteiger partial charge >= 0.3 is 31.8 Å². The van der Waals surface area contributed by atoms with E-state index in [1.807, 2.05) is 0 Å². The Morgan fingerprint density at radius 1 is 1.50 bits per heavy atom. The van der Waals surface area contributed by atoms with Gasteiger partial charge in [-0.05, 0) is 0 Å². The van der Waals surface area contributed by atoms with E-state index in [4.69, 9.17) is 10.8 Å². The molecule has 0 bridgehead atoms. The van der Waals surface area contributed by atoms with Crippen molar-refractivity contribution >= 4 is 37.7 Å². The molecule has 0 saturated carbocycles. The van der Waals surface area contributed by atoms with Crippen LogP contribution in [0.4, 0.5) is 0 Å². The van der Waals surface area contributed by atoms with Crippen LogP contribution in [0.2, 0.25) is 0 Å². The van der Waals surface area contributed by atoms with Gasteiger partial charge in [-0.15, -0.1) is 0 Å². The Balaban J connectivity index is 0. The van der Waals surface area contributed by atoms with Crippen LogP contribution in [-0.2, 0) is 9.59 Å². The number of rotatable bonds is 3. The van der Waals surface area contributed by atoms with Crippen molar-refractivity contribution in [1.82, 2.24) is 0 Å². The maximum atomic E-state index is 9.99. The van der Waals surface area contributed by atoms with Gasteiger partial charge in [-0.1, -0.05) is 0 Å². The number of carboxylic acid groups (broad SMARTS) is 1. The number of nitrogens with two attached hydrogens (primary N) is 2. The number of carboxylic acids is 1. The van der Waals surface area contributed by atoms with Gasteiger partial charge in [0, 0.05) is 0 Å². The Labute approximate surface area is 76.5 Å².